The number of hydrogen-bond donors (Lipinski definition) is 2. The van der Waals surface area contributed by atoms with E-state index in [9.17, 15) is 9.50 Å². The first kappa shape index (κ1) is 13.5. The van der Waals surface area contributed by atoms with Crippen molar-refractivity contribution < 1.29 is 14.2 Å². The molecule has 0 aromatic heterocycles. The lowest BCUT2D eigenvalue weighted by atomic mass is 10.0. The Kier molecular flexibility index (Phi) is 4.69. The second-order valence-electron chi connectivity index (χ2n) is 4.88. The molecule has 1 aromatic rings. The fraction of sp³-hybridized carbons (Fsp3) is 0.571. The fourth-order valence-electron chi connectivity index (χ4n) is 2.29. The van der Waals surface area contributed by atoms with Gasteiger partial charge in [-0.1, -0.05) is 12.1 Å². The lowest BCUT2D eigenvalue weighted by Crippen LogP contribution is -2.39. The van der Waals surface area contributed by atoms with Gasteiger partial charge in [-0.05, 0) is 37.5 Å². The quantitative estimate of drug-likeness (QED) is 0.862. The van der Waals surface area contributed by atoms with Gasteiger partial charge in [0.2, 0.25) is 0 Å². The number of aliphatic hydroxyl groups excluding tert-OH is 1. The van der Waals surface area contributed by atoms with Crippen LogP contribution in [0.1, 0.15) is 31.4 Å². The molecule has 3 atom stereocenters. The van der Waals surface area contributed by atoms with Crippen LogP contribution in [0.15, 0.2) is 24.3 Å². The lowest BCUT2D eigenvalue weighted by molar-refractivity contribution is 0.0109. The summed E-state index contributed by atoms with van der Waals surface area (Å²) in [6.07, 6.45) is 1.51. The van der Waals surface area contributed by atoms with Gasteiger partial charge in [-0.3, -0.25) is 0 Å². The number of aliphatic hydroxyl groups is 1. The van der Waals surface area contributed by atoms with Crippen LogP contribution in [-0.2, 0) is 4.74 Å². The number of ether oxygens (including phenoxy) is 1. The molecule has 3 unspecified atom stereocenters. The third-order valence-electron chi connectivity index (χ3n) is 3.32. The second-order valence-corrected chi connectivity index (χ2v) is 4.88. The van der Waals surface area contributed by atoms with Crippen molar-refractivity contribution in [3.05, 3.63) is 35.6 Å². The van der Waals surface area contributed by atoms with Crippen LogP contribution in [-0.4, -0.2) is 30.4 Å². The summed E-state index contributed by atoms with van der Waals surface area (Å²) in [7, 11) is 0. The van der Waals surface area contributed by atoms with Crippen molar-refractivity contribution in [2.24, 2.45) is 0 Å². The molecule has 0 bridgehead atoms. The molecule has 100 valence electrons. The monoisotopic (exact) mass is 253 g/mol. The second kappa shape index (κ2) is 6.27. The van der Waals surface area contributed by atoms with Gasteiger partial charge in [-0.15, -0.1) is 0 Å². The van der Waals surface area contributed by atoms with Crippen LogP contribution < -0.4 is 5.32 Å². The third-order valence-corrected chi connectivity index (χ3v) is 3.32. The molecule has 1 heterocycles. The van der Waals surface area contributed by atoms with E-state index in [1.807, 2.05) is 0 Å². The van der Waals surface area contributed by atoms with E-state index >= 15 is 0 Å². The van der Waals surface area contributed by atoms with Gasteiger partial charge in [0.05, 0.1) is 12.2 Å². The summed E-state index contributed by atoms with van der Waals surface area (Å²) in [4.78, 5) is 0. The molecular formula is C14H20FNO2. The standard InChI is InChI=1S/C14H20FNO2/c1-10-7-13(5-6-18-10)16-9-14(17)11-3-2-4-12(15)8-11/h2-4,8,10,13-14,16-17H,5-7,9H2,1H3. The summed E-state index contributed by atoms with van der Waals surface area (Å²) in [6, 6.07) is 6.48. The molecule has 0 radical (unpaired) electrons. The van der Waals surface area contributed by atoms with Crippen molar-refractivity contribution in [1.82, 2.24) is 5.32 Å². The molecule has 1 aliphatic heterocycles. The van der Waals surface area contributed by atoms with E-state index in [4.69, 9.17) is 4.74 Å². The zero-order chi connectivity index (χ0) is 13.0. The Hall–Kier alpha value is -0.970. The highest BCUT2D eigenvalue weighted by molar-refractivity contribution is 5.18. The van der Waals surface area contributed by atoms with E-state index in [0.717, 1.165) is 19.4 Å². The smallest absolute Gasteiger partial charge is 0.123 e. The first-order chi connectivity index (χ1) is 8.65. The zero-order valence-corrected chi connectivity index (χ0v) is 10.6. The lowest BCUT2D eigenvalue weighted by Gasteiger charge is -2.28. The molecular weight excluding hydrogens is 233 g/mol. The zero-order valence-electron chi connectivity index (χ0n) is 10.6. The molecule has 1 fully saturated rings. The van der Waals surface area contributed by atoms with E-state index in [1.54, 1.807) is 12.1 Å². The first-order valence-electron chi connectivity index (χ1n) is 6.43. The minimum absolute atomic E-state index is 0.266. The molecule has 1 saturated heterocycles. The van der Waals surface area contributed by atoms with Crippen molar-refractivity contribution in [2.75, 3.05) is 13.2 Å². The molecule has 0 spiro atoms. The van der Waals surface area contributed by atoms with Gasteiger partial charge in [0.1, 0.15) is 5.82 Å². The van der Waals surface area contributed by atoms with E-state index < -0.39 is 6.10 Å². The van der Waals surface area contributed by atoms with Crippen molar-refractivity contribution in [3.63, 3.8) is 0 Å². The molecule has 0 amide bonds. The van der Waals surface area contributed by atoms with Crippen LogP contribution in [0.4, 0.5) is 4.39 Å². The summed E-state index contributed by atoms with van der Waals surface area (Å²) >= 11 is 0. The number of halogens is 1. The third kappa shape index (κ3) is 3.77. The van der Waals surface area contributed by atoms with Gasteiger partial charge >= 0.3 is 0 Å². The highest BCUT2D eigenvalue weighted by Crippen LogP contribution is 2.16. The summed E-state index contributed by atoms with van der Waals surface area (Å²) in [5.41, 5.74) is 0.614. The summed E-state index contributed by atoms with van der Waals surface area (Å²) in [5, 5.41) is 13.3. The van der Waals surface area contributed by atoms with Gasteiger partial charge < -0.3 is 15.2 Å². The Balaban J connectivity index is 1.82. The van der Waals surface area contributed by atoms with Crippen LogP contribution in [0.3, 0.4) is 0 Å². The van der Waals surface area contributed by atoms with Crippen molar-refractivity contribution in [3.8, 4) is 0 Å². The van der Waals surface area contributed by atoms with E-state index in [2.05, 4.69) is 12.2 Å². The van der Waals surface area contributed by atoms with Crippen molar-refractivity contribution >= 4 is 0 Å². The topological polar surface area (TPSA) is 41.5 Å². The Labute approximate surface area is 107 Å². The van der Waals surface area contributed by atoms with Crippen LogP contribution in [0.25, 0.3) is 0 Å². The molecule has 0 aliphatic carbocycles. The van der Waals surface area contributed by atoms with Gasteiger partial charge in [-0.25, -0.2) is 4.39 Å². The maximum atomic E-state index is 13.0. The number of benzene rings is 1. The SMILES string of the molecule is CC1CC(NCC(O)c2cccc(F)c2)CCO1. The van der Waals surface area contributed by atoms with Crippen LogP contribution in [0.2, 0.25) is 0 Å². The van der Waals surface area contributed by atoms with Gasteiger partial charge in [0.25, 0.3) is 0 Å². The Morgan fingerprint density at radius 3 is 3.11 bits per heavy atom. The predicted octanol–water partition coefficient (Wildman–Crippen LogP) is 2.02. The van der Waals surface area contributed by atoms with Crippen LogP contribution in [0, 0.1) is 5.82 Å². The molecule has 2 rings (SSSR count). The minimum atomic E-state index is -0.668. The van der Waals surface area contributed by atoms with Crippen LogP contribution in [0.5, 0.6) is 0 Å². The number of nitrogens with one attached hydrogen (secondary N) is 1. The summed E-state index contributed by atoms with van der Waals surface area (Å²) in [5.74, 6) is -0.314. The van der Waals surface area contributed by atoms with E-state index in [0.29, 0.717) is 18.2 Å². The minimum Gasteiger partial charge on any atom is -0.387 e. The average Bonchev–Trinajstić information content (AvgIpc) is 2.36. The molecule has 1 aliphatic rings. The average molecular weight is 253 g/mol. The molecule has 4 heteroatoms. The van der Waals surface area contributed by atoms with Gasteiger partial charge in [-0.2, -0.15) is 0 Å². The van der Waals surface area contributed by atoms with Gasteiger partial charge in [0.15, 0.2) is 0 Å². The Bertz CT molecular complexity index is 386. The maximum Gasteiger partial charge on any atom is 0.123 e. The number of hydrogen-bond acceptors (Lipinski definition) is 3. The highest BCUT2D eigenvalue weighted by atomic mass is 19.1. The predicted molar refractivity (Wildman–Crippen MR) is 67.8 cm³/mol. The largest absolute Gasteiger partial charge is 0.387 e. The fourth-order valence-corrected chi connectivity index (χ4v) is 2.29. The van der Waals surface area contributed by atoms with Crippen LogP contribution >= 0.6 is 0 Å². The molecule has 18 heavy (non-hydrogen) atoms. The molecule has 1 aromatic carbocycles. The molecule has 0 saturated carbocycles. The summed E-state index contributed by atoms with van der Waals surface area (Å²) < 4.78 is 18.5. The molecule has 3 nitrogen and oxygen atoms in total. The first-order valence-corrected chi connectivity index (χ1v) is 6.43. The number of rotatable bonds is 4. The van der Waals surface area contributed by atoms with Crippen molar-refractivity contribution in [1.29, 1.82) is 0 Å². The van der Waals surface area contributed by atoms with Crippen molar-refractivity contribution in [2.45, 2.75) is 38.0 Å². The normalized spacial score (nSPS) is 25.9. The Morgan fingerprint density at radius 2 is 2.39 bits per heavy atom. The maximum absolute atomic E-state index is 13.0. The van der Waals surface area contributed by atoms with E-state index in [1.165, 1.54) is 12.1 Å². The highest BCUT2D eigenvalue weighted by Gasteiger charge is 2.19. The molecule has 2 N–H and O–H groups in total. The van der Waals surface area contributed by atoms with E-state index in [-0.39, 0.29) is 11.9 Å². The Morgan fingerprint density at radius 1 is 1.56 bits per heavy atom. The summed E-state index contributed by atoms with van der Waals surface area (Å²) in [6.45, 7) is 3.26. The van der Waals surface area contributed by atoms with Gasteiger partial charge in [0, 0.05) is 19.2 Å².